The van der Waals surface area contributed by atoms with Crippen molar-refractivity contribution >= 4 is 43.2 Å². The normalized spacial score (nSPS) is 19.0. The van der Waals surface area contributed by atoms with Crippen LogP contribution >= 0.6 is 11.3 Å². The van der Waals surface area contributed by atoms with E-state index in [2.05, 4.69) is 14.7 Å². The molecular formula is C25H27N5O3S2. The number of piperidine rings is 1. The van der Waals surface area contributed by atoms with E-state index in [1.807, 2.05) is 41.8 Å². The van der Waals surface area contributed by atoms with Crippen molar-refractivity contribution in [1.29, 1.82) is 0 Å². The molecule has 0 spiro atoms. The summed E-state index contributed by atoms with van der Waals surface area (Å²) in [4.78, 5) is 26.2. The number of nitrogens with zero attached hydrogens (tertiary/aromatic N) is 5. The summed E-state index contributed by atoms with van der Waals surface area (Å²) in [5, 5.41) is 1.98. The summed E-state index contributed by atoms with van der Waals surface area (Å²) >= 11 is 1.57. The minimum Gasteiger partial charge on any atom is -0.369 e. The number of hydrogen-bond donors (Lipinski definition) is 0. The van der Waals surface area contributed by atoms with Crippen molar-refractivity contribution in [3.8, 4) is 0 Å². The zero-order chi connectivity index (χ0) is 24.6. The van der Waals surface area contributed by atoms with Crippen LogP contribution in [0.5, 0.6) is 0 Å². The SMILES string of the molecule is [C-]#[N+]C1(c2ccccc2)CCN(c2c(C(=O)N3CCN(S(C)(=O)=O)CC3)cnc3ccsc23)CC1. The Morgan fingerprint density at radius 3 is 2.37 bits per heavy atom. The third kappa shape index (κ3) is 4.40. The molecule has 2 fully saturated rings. The molecule has 10 heteroatoms. The zero-order valence-corrected chi connectivity index (χ0v) is 21.2. The average molecular weight is 510 g/mol. The first-order valence-electron chi connectivity index (χ1n) is 11.6. The van der Waals surface area contributed by atoms with E-state index in [9.17, 15) is 13.2 Å². The van der Waals surface area contributed by atoms with Crippen molar-refractivity contribution in [2.24, 2.45) is 0 Å². The topological polar surface area (TPSA) is 78.2 Å². The molecule has 0 saturated carbocycles. The van der Waals surface area contributed by atoms with Gasteiger partial charge in [0.05, 0.1) is 27.7 Å². The average Bonchev–Trinajstić information content (AvgIpc) is 3.37. The van der Waals surface area contributed by atoms with Crippen molar-refractivity contribution in [2.75, 3.05) is 50.4 Å². The Morgan fingerprint density at radius 2 is 1.74 bits per heavy atom. The van der Waals surface area contributed by atoms with Gasteiger partial charge in [-0.1, -0.05) is 30.3 Å². The first kappa shape index (κ1) is 23.7. The number of carbonyl (C=O) groups excluding carboxylic acids is 1. The van der Waals surface area contributed by atoms with Crippen LogP contribution in [0, 0.1) is 6.57 Å². The minimum absolute atomic E-state index is 0.124. The van der Waals surface area contributed by atoms with E-state index < -0.39 is 15.6 Å². The second kappa shape index (κ2) is 9.22. The molecule has 0 aliphatic carbocycles. The van der Waals surface area contributed by atoms with Crippen molar-refractivity contribution in [2.45, 2.75) is 18.4 Å². The van der Waals surface area contributed by atoms with E-state index >= 15 is 0 Å². The number of piperazine rings is 1. The van der Waals surface area contributed by atoms with Gasteiger partial charge in [0.1, 0.15) is 0 Å². The molecule has 2 aliphatic rings. The predicted molar refractivity (Wildman–Crippen MR) is 138 cm³/mol. The Kier molecular flexibility index (Phi) is 6.25. The standard InChI is InChI=1S/C25H27N5O3S2/c1-26-25(19-6-4-3-5-7-19)9-11-28(12-10-25)22-20(18-27-21-8-17-34-23(21)22)24(31)29-13-15-30(16-14-29)35(2,32)33/h3-8,17-18H,9-16H2,2H3. The zero-order valence-electron chi connectivity index (χ0n) is 19.6. The van der Waals surface area contributed by atoms with E-state index in [0.29, 0.717) is 57.7 Å². The molecule has 35 heavy (non-hydrogen) atoms. The van der Waals surface area contributed by atoms with Gasteiger partial charge < -0.3 is 14.6 Å². The molecule has 0 unspecified atom stereocenters. The smallest absolute Gasteiger partial charge is 0.260 e. The summed E-state index contributed by atoms with van der Waals surface area (Å²) in [6, 6.07) is 11.9. The second-order valence-corrected chi connectivity index (χ2v) is 12.0. The number of thiophene rings is 1. The van der Waals surface area contributed by atoms with E-state index in [-0.39, 0.29) is 5.91 Å². The molecule has 1 aromatic carbocycles. The predicted octanol–water partition coefficient (Wildman–Crippen LogP) is 3.43. The van der Waals surface area contributed by atoms with Crippen LogP contribution in [-0.2, 0) is 15.6 Å². The van der Waals surface area contributed by atoms with Crippen LogP contribution in [-0.4, -0.2) is 74.0 Å². The van der Waals surface area contributed by atoms with Crippen LogP contribution < -0.4 is 4.90 Å². The monoisotopic (exact) mass is 509 g/mol. The van der Waals surface area contributed by atoms with Gasteiger partial charge in [-0.3, -0.25) is 9.78 Å². The van der Waals surface area contributed by atoms with E-state index in [0.717, 1.165) is 21.5 Å². The Morgan fingerprint density at radius 1 is 1.06 bits per heavy atom. The van der Waals surface area contributed by atoms with Gasteiger partial charge in [0, 0.05) is 63.9 Å². The van der Waals surface area contributed by atoms with Gasteiger partial charge in [0.2, 0.25) is 10.0 Å². The van der Waals surface area contributed by atoms with Gasteiger partial charge in [-0.05, 0) is 11.4 Å². The number of carbonyl (C=O) groups is 1. The van der Waals surface area contributed by atoms with Crippen molar-refractivity contribution < 1.29 is 13.2 Å². The van der Waals surface area contributed by atoms with Crippen LogP contribution in [0.4, 0.5) is 5.69 Å². The van der Waals surface area contributed by atoms with Gasteiger partial charge in [0.25, 0.3) is 11.4 Å². The van der Waals surface area contributed by atoms with Gasteiger partial charge >= 0.3 is 0 Å². The number of fused-ring (bicyclic) bond motifs is 1. The van der Waals surface area contributed by atoms with Crippen molar-refractivity contribution in [1.82, 2.24) is 14.2 Å². The van der Waals surface area contributed by atoms with Crippen LogP contribution in [0.3, 0.4) is 0 Å². The number of amides is 1. The highest BCUT2D eigenvalue weighted by atomic mass is 32.2. The highest BCUT2D eigenvalue weighted by Crippen LogP contribution is 2.41. The number of hydrogen-bond acceptors (Lipinski definition) is 6. The summed E-state index contributed by atoms with van der Waals surface area (Å²) < 4.78 is 26.1. The summed E-state index contributed by atoms with van der Waals surface area (Å²) in [5.74, 6) is -0.124. The number of benzene rings is 1. The van der Waals surface area contributed by atoms with Crippen molar-refractivity contribution in [3.63, 3.8) is 0 Å². The Bertz CT molecular complexity index is 1380. The highest BCUT2D eigenvalue weighted by Gasteiger charge is 2.43. The molecule has 4 heterocycles. The number of sulfonamides is 1. The molecule has 2 saturated heterocycles. The summed E-state index contributed by atoms with van der Waals surface area (Å²) in [5.41, 5.74) is 2.78. The third-order valence-electron chi connectivity index (χ3n) is 7.10. The lowest BCUT2D eigenvalue weighted by atomic mass is 9.81. The van der Waals surface area contributed by atoms with Gasteiger partial charge in [-0.2, -0.15) is 4.31 Å². The Labute approximate surface area is 209 Å². The second-order valence-electron chi connectivity index (χ2n) is 9.11. The van der Waals surface area contributed by atoms with Crippen LogP contribution in [0.25, 0.3) is 15.1 Å². The summed E-state index contributed by atoms with van der Waals surface area (Å²) in [7, 11) is -3.27. The molecule has 1 amide bonds. The number of rotatable bonds is 4. The number of pyridine rings is 1. The largest absolute Gasteiger partial charge is 0.369 e. The lowest BCUT2D eigenvalue weighted by molar-refractivity contribution is 0.0698. The molecule has 0 bridgehead atoms. The fourth-order valence-corrected chi connectivity index (χ4v) is 6.83. The van der Waals surface area contributed by atoms with Gasteiger partial charge in [-0.15, -0.1) is 11.3 Å². The van der Waals surface area contributed by atoms with Gasteiger partial charge in [-0.25, -0.2) is 15.0 Å². The summed E-state index contributed by atoms with van der Waals surface area (Å²) in [6.45, 7) is 10.6. The fourth-order valence-electron chi connectivity index (χ4n) is 5.08. The maximum absolute atomic E-state index is 13.6. The lowest BCUT2D eigenvalue weighted by Gasteiger charge is -2.37. The van der Waals surface area contributed by atoms with Gasteiger partial charge in [0.15, 0.2) is 0 Å². The molecule has 0 atom stereocenters. The fraction of sp³-hybridized carbons (Fsp3) is 0.400. The van der Waals surface area contributed by atoms with E-state index in [1.165, 1.54) is 10.6 Å². The van der Waals surface area contributed by atoms with Crippen molar-refractivity contribution in [3.05, 3.63) is 70.5 Å². The molecule has 182 valence electrons. The lowest BCUT2D eigenvalue weighted by Crippen LogP contribution is -2.50. The molecule has 5 rings (SSSR count). The molecule has 0 N–H and O–H groups in total. The van der Waals surface area contributed by atoms with Crippen LogP contribution in [0.1, 0.15) is 28.8 Å². The van der Waals surface area contributed by atoms with Crippen LogP contribution in [0.15, 0.2) is 48.0 Å². The maximum Gasteiger partial charge on any atom is 0.260 e. The van der Waals surface area contributed by atoms with E-state index in [4.69, 9.17) is 6.57 Å². The Balaban J connectivity index is 1.43. The highest BCUT2D eigenvalue weighted by molar-refractivity contribution is 7.88. The van der Waals surface area contributed by atoms with Crippen LogP contribution in [0.2, 0.25) is 0 Å². The molecular weight excluding hydrogens is 482 g/mol. The minimum atomic E-state index is -3.27. The molecule has 2 aliphatic heterocycles. The number of aromatic nitrogens is 1. The molecule has 2 aromatic heterocycles. The molecule has 3 aromatic rings. The third-order valence-corrected chi connectivity index (χ3v) is 9.32. The quantitative estimate of drug-likeness (QED) is 0.504. The first-order valence-corrected chi connectivity index (χ1v) is 14.3. The maximum atomic E-state index is 13.6. The van der Waals surface area contributed by atoms with E-state index in [1.54, 1.807) is 22.4 Å². The Hall–Kier alpha value is -3.00. The molecule has 8 nitrogen and oxygen atoms in total. The first-order chi connectivity index (χ1) is 16.8. The number of anilines is 1. The summed E-state index contributed by atoms with van der Waals surface area (Å²) in [6.07, 6.45) is 4.21. The molecule has 0 radical (unpaired) electrons.